The summed E-state index contributed by atoms with van der Waals surface area (Å²) in [5.74, 6) is -0.445. The van der Waals surface area contributed by atoms with Crippen molar-refractivity contribution in [1.29, 1.82) is 0 Å². The SMILES string of the molecule is Nc1ccc(Cc2nc(-c3ccc4[nH]c(=O)oc4c3)cs2)cc1. The second-order valence-corrected chi connectivity index (χ2v) is 6.21. The number of H-pyrrole nitrogens is 1. The lowest BCUT2D eigenvalue weighted by atomic mass is 10.1. The minimum absolute atomic E-state index is 0.445. The minimum atomic E-state index is -0.445. The first kappa shape index (κ1) is 13.8. The molecule has 4 aromatic rings. The molecule has 2 heterocycles. The van der Waals surface area contributed by atoms with E-state index in [0.717, 1.165) is 28.4 Å². The minimum Gasteiger partial charge on any atom is -0.408 e. The van der Waals surface area contributed by atoms with Crippen LogP contribution in [0.15, 0.2) is 57.1 Å². The van der Waals surface area contributed by atoms with Gasteiger partial charge in [0.1, 0.15) is 0 Å². The summed E-state index contributed by atoms with van der Waals surface area (Å²) in [5, 5.41) is 3.04. The lowest BCUT2D eigenvalue weighted by molar-refractivity contribution is 0.555. The van der Waals surface area contributed by atoms with Gasteiger partial charge in [-0.25, -0.2) is 9.78 Å². The highest BCUT2D eigenvalue weighted by atomic mass is 32.1. The molecule has 0 saturated heterocycles. The Labute approximate surface area is 135 Å². The van der Waals surface area contributed by atoms with Gasteiger partial charge < -0.3 is 10.2 Å². The summed E-state index contributed by atoms with van der Waals surface area (Å²) in [6, 6.07) is 13.4. The van der Waals surface area contributed by atoms with Crippen LogP contribution in [0.3, 0.4) is 0 Å². The van der Waals surface area contributed by atoms with E-state index < -0.39 is 5.76 Å². The fraction of sp³-hybridized carbons (Fsp3) is 0.0588. The third-order valence-electron chi connectivity index (χ3n) is 3.60. The van der Waals surface area contributed by atoms with Crippen LogP contribution in [0.4, 0.5) is 5.69 Å². The van der Waals surface area contributed by atoms with E-state index in [2.05, 4.69) is 9.97 Å². The van der Waals surface area contributed by atoms with Gasteiger partial charge in [-0.2, -0.15) is 0 Å². The van der Waals surface area contributed by atoms with E-state index in [1.807, 2.05) is 47.8 Å². The zero-order chi connectivity index (χ0) is 15.8. The van der Waals surface area contributed by atoms with Crippen LogP contribution in [0.2, 0.25) is 0 Å². The summed E-state index contributed by atoms with van der Waals surface area (Å²) in [6.07, 6.45) is 0.770. The number of nitrogen functional groups attached to an aromatic ring is 1. The molecule has 6 heteroatoms. The number of nitrogens with two attached hydrogens (primary N) is 1. The Bertz CT molecular complexity index is 1030. The van der Waals surface area contributed by atoms with Crippen LogP contribution in [-0.4, -0.2) is 9.97 Å². The molecule has 0 atom stereocenters. The van der Waals surface area contributed by atoms with Gasteiger partial charge in [-0.3, -0.25) is 4.98 Å². The summed E-state index contributed by atoms with van der Waals surface area (Å²) in [7, 11) is 0. The number of nitrogens with zero attached hydrogens (tertiary/aromatic N) is 1. The molecule has 0 aliphatic heterocycles. The maximum atomic E-state index is 11.2. The fourth-order valence-corrected chi connectivity index (χ4v) is 3.28. The molecule has 0 saturated carbocycles. The lowest BCUT2D eigenvalue weighted by Crippen LogP contribution is -1.92. The van der Waals surface area contributed by atoms with Crippen LogP contribution < -0.4 is 11.5 Å². The number of fused-ring (bicyclic) bond motifs is 1. The molecule has 0 aliphatic carbocycles. The molecule has 0 unspecified atom stereocenters. The Morgan fingerprint density at radius 2 is 2.00 bits per heavy atom. The van der Waals surface area contributed by atoms with Crippen molar-refractivity contribution >= 4 is 28.1 Å². The first-order chi connectivity index (χ1) is 11.2. The number of benzene rings is 2. The number of aromatic amines is 1. The maximum absolute atomic E-state index is 11.2. The Hall–Kier alpha value is -2.86. The predicted molar refractivity (Wildman–Crippen MR) is 91.6 cm³/mol. The molecule has 114 valence electrons. The monoisotopic (exact) mass is 323 g/mol. The van der Waals surface area contributed by atoms with Gasteiger partial charge in [0.05, 0.1) is 16.2 Å². The van der Waals surface area contributed by atoms with Crippen molar-refractivity contribution < 1.29 is 4.42 Å². The van der Waals surface area contributed by atoms with Crippen LogP contribution in [0.5, 0.6) is 0 Å². The molecule has 5 nitrogen and oxygen atoms in total. The number of hydrogen-bond donors (Lipinski definition) is 2. The molecular formula is C17H13N3O2S. The molecule has 0 bridgehead atoms. The Morgan fingerprint density at radius 3 is 2.83 bits per heavy atom. The van der Waals surface area contributed by atoms with Gasteiger partial charge in [0, 0.05) is 23.1 Å². The van der Waals surface area contributed by atoms with E-state index in [4.69, 9.17) is 10.2 Å². The third kappa shape index (κ3) is 2.76. The Kier molecular flexibility index (Phi) is 3.24. The number of oxazole rings is 1. The predicted octanol–water partition coefficient (Wildman–Crippen LogP) is 3.42. The maximum Gasteiger partial charge on any atom is 0.417 e. The first-order valence-electron chi connectivity index (χ1n) is 7.09. The molecule has 0 fully saturated rings. The fourth-order valence-electron chi connectivity index (χ4n) is 2.44. The Balaban J connectivity index is 1.63. The topological polar surface area (TPSA) is 84.9 Å². The van der Waals surface area contributed by atoms with Crippen LogP contribution >= 0.6 is 11.3 Å². The zero-order valence-electron chi connectivity index (χ0n) is 12.1. The van der Waals surface area contributed by atoms with Crippen LogP contribution in [-0.2, 0) is 6.42 Å². The van der Waals surface area contributed by atoms with Gasteiger partial charge in [0.2, 0.25) is 0 Å². The van der Waals surface area contributed by atoms with E-state index in [1.165, 1.54) is 5.56 Å². The van der Waals surface area contributed by atoms with Gasteiger partial charge in [0.15, 0.2) is 5.58 Å². The smallest absolute Gasteiger partial charge is 0.408 e. The molecule has 3 N–H and O–H groups in total. The summed E-state index contributed by atoms with van der Waals surface area (Å²) >= 11 is 1.61. The van der Waals surface area contributed by atoms with Gasteiger partial charge in [-0.15, -0.1) is 11.3 Å². The Morgan fingerprint density at radius 1 is 1.17 bits per heavy atom. The van der Waals surface area contributed by atoms with Gasteiger partial charge in [-0.05, 0) is 29.8 Å². The average Bonchev–Trinajstić information content (AvgIpc) is 3.14. The molecule has 0 spiro atoms. The van der Waals surface area contributed by atoms with Crippen molar-refractivity contribution in [3.8, 4) is 11.3 Å². The molecule has 0 radical (unpaired) electrons. The van der Waals surface area contributed by atoms with Crippen molar-refractivity contribution in [3.63, 3.8) is 0 Å². The van der Waals surface area contributed by atoms with Crippen LogP contribution in [0, 0.1) is 0 Å². The molecule has 0 amide bonds. The molecule has 0 aliphatic rings. The lowest BCUT2D eigenvalue weighted by Gasteiger charge is -1.99. The van der Waals surface area contributed by atoms with Crippen molar-refractivity contribution in [1.82, 2.24) is 9.97 Å². The number of thiazole rings is 1. The largest absolute Gasteiger partial charge is 0.417 e. The van der Waals surface area contributed by atoms with Crippen molar-refractivity contribution in [2.45, 2.75) is 6.42 Å². The van der Waals surface area contributed by atoms with Gasteiger partial charge >= 0.3 is 5.76 Å². The standard InChI is InChI=1S/C17H13N3O2S/c18-12-4-1-10(2-5-12)7-16-19-14(9-23-16)11-3-6-13-15(8-11)22-17(21)20-13/h1-6,8-9H,7,18H2,(H,20,21). The quantitative estimate of drug-likeness (QED) is 0.566. The van der Waals surface area contributed by atoms with Crippen molar-refractivity contribution in [2.75, 3.05) is 5.73 Å². The third-order valence-corrected chi connectivity index (χ3v) is 4.45. The number of anilines is 1. The van der Waals surface area contributed by atoms with E-state index in [9.17, 15) is 4.79 Å². The molecule has 2 aromatic heterocycles. The van der Waals surface area contributed by atoms with E-state index >= 15 is 0 Å². The molecule has 4 rings (SSSR count). The highest BCUT2D eigenvalue weighted by Crippen LogP contribution is 2.26. The summed E-state index contributed by atoms with van der Waals surface area (Å²) in [4.78, 5) is 18.5. The number of nitrogens with one attached hydrogen (secondary N) is 1. The first-order valence-corrected chi connectivity index (χ1v) is 7.97. The van der Waals surface area contributed by atoms with Crippen molar-refractivity contribution in [3.05, 3.63) is 69.0 Å². The number of hydrogen-bond acceptors (Lipinski definition) is 5. The molecule has 23 heavy (non-hydrogen) atoms. The number of aromatic nitrogens is 2. The second-order valence-electron chi connectivity index (χ2n) is 5.27. The van der Waals surface area contributed by atoms with Crippen molar-refractivity contribution in [2.24, 2.45) is 0 Å². The normalized spacial score (nSPS) is 11.1. The summed E-state index contributed by atoms with van der Waals surface area (Å²) < 4.78 is 5.10. The average molecular weight is 323 g/mol. The van der Waals surface area contributed by atoms with E-state index in [-0.39, 0.29) is 0 Å². The van der Waals surface area contributed by atoms with E-state index in [0.29, 0.717) is 11.1 Å². The highest BCUT2D eigenvalue weighted by Gasteiger charge is 2.08. The number of rotatable bonds is 3. The molecule has 2 aromatic carbocycles. The van der Waals surface area contributed by atoms with Crippen LogP contribution in [0.25, 0.3) is 22.4 Å². The zero-order valence-corrected chi connectivity index (χ0v) is 12.9. The molecular weight excluding hydrogens is 310 g/mol. The summed E-state index contributed by atoms with van der Waals surface area (Å²) in [5.41, 5.74) is 10.7. The summed E-state index contributed by atoms with van der Waals surface area (Å²) in [6.45, 7) is 0. The van der Waals surface area contributed by atoms with Gasteiger partial charge in [0.25, 0.3) is 0 Å². The van der Waals surface area contributed by atoms with Crippen LogP contribution in [0.1, 0.15) is 10.6 Å². The van der Waals surface area contributed by atoms with E-state index in [1.54, 1.807) is 11.3 Å². The second kappa shape index (κ2) is 5.40. The highest BCUT2D eigenvalue weighted by molar-refractivity contribution is 7.10. The van der Waals surface area contributed by atoms with Gasteiger partial charge in [-0.1, -0.05) is 18.2 Å².